The van der Waals surface area contributed by atoms with Crippen molar-refractivity contribution in [3.63, 3.8) is 0 Å². The standard InChI is InChI=1S/C52H85N15O15/c1-29(2)41(49(78)79)65-47(77)37(26-40(70)71)62-38(68)27-59-44(74)35(17-13-25-58-50(54)55)64-46(76)36(61-39(69)28-82-32-20-18-31(19-21-32)48-66(80)51(4,5)52(6,7)67(48)81)15-9-11-23-57-43(73)34(14-8-10-22-53)63-42(72)30(3)60-45(75)33-16-12-24-56-33/h18-21,29-30,33-37,41,56,80H,8-17,22-28,53H2,1-7H3,(H,57,73)(H,59,74)(H,60,75)(H,61,69)(H,62,68)(H,63,72)(H,64,76)(H,65,77)(H,70,71)(H,78,79)(H4,54,55,58)/t30?,33?,34?,35?,36-,37?,41?/m0/s1. The summed E-state index contributed by atoms with van der Waals surface area (Å²) in [6.07, 6.45) is 2.18. The Morgan fingerprint density at radius 2 is 1.33 bits per heavy atom. The molecule has 30 nitrogen and oxygen atoms in total. The highest BCUT2D eigenvalue weighted by atomic mass is 16.5. The van der Waals surface area contributed by atoms with Gasteiger partial charge in [0.2, 0.25) is 41.4 Å². The molecule has 3 rings (SSSR count). The Balaban J connectivity index is 1.80. The number of nitrogens with one attached hydrogen (secondary N) is 9. The number of carbonyl (C=O) groups is 10. The van der Waals surface area contributed by atoms with Crippen LogP contribution in [-0.2, 0) is 47.9 Å². The Morgan fingerprint density at radius 1 is 0.756 bits per heavy atom. The summed E-state index contributed by atoms with van der Waals surface area (Å²) in [6, 6.07) is -2.28. The number of hydrogen-bond acceptors (Lipinski definition) is 17. The summed E-state index contributed by atoms with van der Waals surface area (Å²) < 4.78 is 6.44. The number of nitrogens with zero attached hydrogens (tertiary/aromatic N) is 3. The van der Waals surface area contributed by atoms with E-state index in [0.717, 1.165) is 11.5 Å². The molecule has 18 N–H and O–H groups in total. The summed E-state index contributed by atoms with van der Waals surface area (Å²) in [5, 5.41) is 67.2. The molecule has 1 aromatic rings. The van der Waals surface area contributed by atoms with Crippen molar-refractivity contribution in [2.24, 2.45) is 28.1 Å². The van der Waals surface area contributed by atoms with Crippen molar-refractivity contribution >= 4 is 71.0 Å². The predicted octanol–water partition coefficient (Wildman–Crippen LogP) is -2.93. The first-order valence-corrected chi connectivity index (χ1v) is 27.4. The third kappa shape index (κ3) is 20.9. The van der Waals surface area contributed by atoms with Gasteiger partial charge in [0.1, 0.15) is 47.5 Å². The topological polar surface area (TPSA) is 469 Å². The molecule has 8 amide bonds. The van der Waals surface area contributed by atoms with E-state index in [9.17, 15) is 68.6 Å². The first-order valence-electron chi connectivity index (χ1n) is 27.4. The highest BCUT2D eigenvalue weighted by molar-refractivity contribution is 5.97. The van der Waals surface area contributed by atoms with E-state index in [1.54, 1.807) is 27.7 Å². The fourth-order valence-electron chi connectivity index (χ4n) is 8.60. The van der Waals surface area contributed by atoms with Crippen molar-refractivity contribution in [2.75, 3.05) is 39.3 Å². The number of benzene rings is 1. The number of hydrogen-bond donors (Lipinski definition) is 15. The Hall–Kier alpha value is -7.86. The van der Waals surface area contributed by atoms with E-state index in [1.807, 2.05) is 0 Å². The second kappa shape index (κ2) is 32.5. The van der Waals surface area contributed by atoms with Crippen molar-refractivity contribution in [3.8, 4) is 5.75 Å². The van der Waals surface area contributed by atoms with Gasteiger partial charge in [-0.15, -0.1) is 5.06 Å². The van der Waals surface area contributed by atoms with E-state index >= 15 is 0 Å². The number of carboxylic acids is 2. The molecule has 1 aromatic carbocycles. The van der Waals surface area contributed by atoms with Crippen LogP contribution in [0.25, 0.3) is 0 Å². The number of nitrogens with two attached hydrogens (primary N) is 3. The number of amides is 8. The number of aliphatic imine (C=N–C) groups is 1. The Labute approximate surface area is 476 Å². The van der Waals surface area contributed by atoms with Crippen LogP contribution >= 0.6 is 0 Å². The molecule has 2 heterocycles. The number of amidine groups is 1. The summed E-state index contributed by atoms with van der Waals surface area (Å²) in [7, 11) is 0. The summed E-state index contributed by atoms with van der Waals surface area (Å²) in [4.78, 5) is 134. The number of unbranched alkanes of at least 4 members (excludes halogenated alkanes) is 2. The average Bonchev–Trinajstić information content (AvgIpc) is 3.21. The van der Waals surface area contributed by atoms with Crippen LogP contribution in [0.1, 0.15) is 125 Å². The second-order valence-electron chi connectivity index (χ2n) is 21.5. The first-order chi connectivity index (χ1) is 38.5. The van der Waals surface area contributed by atoms with Gasteiger partial charge >= 0.3 is 17.8 Å². The molecule has 1 fully saturated rings. The third-order valence-corrected chi connectivity index (χ3v) is 14.3. The van der Waals surface area contributed by atoms with Crippen molar-refractivity contribution < 1.29 is 72.8 Å². The second-order valence-corrected chi connectivity index (χ2v) is 21.5. The average molecular weight is 1160 g/mol. The maximum absolute atomic E-state index is 14.2. The molecule has 458 valence electrons. The van der Waals surface area contributed by atoms with E-state index in [0.29, 0.717) is 42.7 Å². The lowest BCUT2D eigenvalue weighted by Gasteiger charge is -2.33. The van der Waals surface area contributed by atoms with Gasteiger partial charge in [0.25, 0.3) is 5.91 Å². The molecule has 2 aliphatic rings. The van der Waals surface area contributed by atoms with Crippen LogP contribution in [0.3, 0.4) is 0 Å². The summed E-state index contributed by atoms with van der Waals surface area (Å²) in [6.45, 7) is 11.0. The third-order valence-electron chi connectivity index (χ3n) is 14.3. The molecule has 2 aliphatic heterocycles. The van der Waals surface area contributed by atoms with Gasteiger partial charge in [0.15, 0.2) is 18.1 Å². The van der Waals surface area contributed by atoms with Gasteiger partial charge in [-0.1, -0.05) is 13.8 Å². The van der Waals surface area contributed by atoms with Gasteiger partial charge in [-0.25, -0.2) is 10.0 Å². The molecule has 0 saturated carbocycles. The van der Waals surface area contributed by atoms with Gasteiger partial charge in [-0.3, -0.25) is 52.9 Å². The van der Waals surface area contributed by atoms with Gasteiger partial charge < -0.3 is 85.2 Å². The lowest BCUT2D eigenvalue weighted by molar-refractivity contribution is -0.539. The molecule has 0 spiro atoms. The van der Waals surface area contributed by atoms with Crippen LogP contribution in [0, 0.1) is 11.1 Å². The summed E-state index contributed by atoms with van der Waals surface area (Å²) in [5.41, 5.74) is 15.0. The van der Waals surface area contributed by atoms with E-state index in [2.05, 4.69) is 52.8 Å². The summed E-state index contributed by atoms with van der Waals surface area (Å²) >= 11 is 0. The highest BCUT2D eigenvalue weighted by Crippen LogP contribution is 2.37. The maximum Gasteiger partial charge on any atom is 0.326 e. The van der Waals surface area contributed by atoms with Crippen LogP contribution in [0.15, 0.2) is 29.3 Å². The number of carbonyl (C=O) groups excluding carboxylic acids is 8. The fraction of sp³-hybridized carbons (Fsp3) is 0.654. The molecule has 7 atom stereocenters. The normalized spacial score (nSPS) is 17.4. The van der Waals surface area contributed by atoms with Gasteiger partial charge in [0.05, 0.1) is 24.6 Å². The summed E-state index contributed by atoms with van der Waals surface area (Å²) in [5.74, 6) is -9.72. The number of ether oxygens (including phenoxy) is 1. The molecule has 0 aromatic heterocycles. The van der Waals surface area contributed by atoms with Crippen molar-refractivity contribution in [1.82, 2.24) is 52.9 Å². The fourth-order valence-corrected chi connectivity index (χ4v) is 8.60. The van der Waals surface area contributed by atoms with Crippen molar-refractivity contribution in [1.29, 1.82) is 0 Å². The Bertz CT molecular complexity index is 2460. The molecule has 6 unspecified atom stereocenters. The van der Waals surface area contributed by atoms with Crippen LogP contribution in [0.5, 0.6) is 5.75 Å². The Morgan fingerprint density at radius 3 is 1.88 bits per heavy atom. The van der Waals surface area contributed by atoms with E-state index in [4.69, 9.17) is 21.9 Å². The number of rotatable bonds is 35. The molecular formula is C52H85N15O15. The van der Waals surface area contributed by atoms with Gasteiger partial charge in [-0.05, 0) is 142 Å². The zero-order valence-electron chi connectivity index (χ0n) is 47.8. The molecule has 0 bridgehead atoms. The number of hydroxylamine groups is 3. The minimum atomic E-state index is -1.75. The Kier molecular flexibility index (Phi) is 27.2. The van der Waals surface area contributed by atoms with Crippen LogP contribution in [-0.4, -0.2) is 189 Å². The SMILES string of the molecule is CC(NC(=O)C1CCCN1)C(=O)NC(CCCCN)C(=O)NCCCC[C@H](NC(=O)COc1ccc(C2=[N+]([O-])C(C)(C)C(C)(C)N2O)cc1)C(=O)NC(CCCN=C(N)N)C(=O)NCC(=O)NC(CC(=O)O)C(=O)NC(C(=O)O)C(C)C. The van der Waals surface area contributed by atoms with Crippen molar-refractivity contribution in [2.45, 2.75) is 172 Å². The number of aliphatic carboxylic acids is 2. The molecule has 30 heteroatoms. The zero-order valence-corrected chi connectivity index (χ0v) is 47.8. The quantitative estimate of drug-likeness (QED) is 0.0106. The van der Waals surface area contributed by atoms with Crippen molar-refractivity contribution in [3.05, 3.63) is 35.0 Å². The van der Waals surface area contributed by atoms with Gasteiger partial charge in [0, 0.05) is 13.1 Å². The molecule has 82 heavy (non-hydrogen) atoms. The van der Waals surface area contributed by atoms with Crippen LogP contribution in [0.4, 0.5) is 0 Å². The van der Waals surface area contributed by atoms with E-state index in [-0.39, 0.29) is 75.1 Å². The van der Waals surface area contributed by atoms with E-state index in [1.165, 1.54) is 45.0 Å². The minimum absolute atomic E-state index is 0.000360. The highest BCUT2D eigenvalue weighted by Gasteiger charge is 2.59. The van der Waals surface area contributed by atoms with Crippen LogP contribution in [0.2, 0.25) is 0 Å². The largest absolute Gasteiger partial charge is 0.714 e. The zero-order chi connectivity index (χ0) is 61.5. The monoisotopic (exact) mass is 1160 g/mol. The molecule has 1 saturated heterocycles. The molecule has 0 aliphatic carbocycles. The lowest BCUT2D eigenvalue weighted by Crippen LogP contribution is -2.56. The lowest BCUT2D eigenvalue weighted by atomic mass is 9.84. The molecular weight excluding hydrogens is 1070 g/mol. The number of carboxylic acid groups (broad SMARTS) is 2. The first kappa shape index (κ1) is 68.4. The van der Waals surface area contributed by atoms with Crippen LogP contribution < -0.4 is 69.8 Å². The number of guanidine groups is 1. The smallest absolute Gasteiger partial charge is 0.326 e. The minimum Gasteiger partial charge on any atom is -0.714 e. The predicted molar refractivity (Wildman–Crippen MR) is 297 cm³/mol. The van der Waals surface area contributed by atoms with E-state index < -0.39 is 132 Å². The maximum atomic E-state index is 14.2. The molecule has 0 radical (unpaired) electrons. The van der Waals surface area contributed by atoms with Gasteiger partial charge in [-0.2, -0.15) is 0 Å².